The Hall–Kier alpha value is -0.650. The van der Waals surface area contributed by atoms with E-state index in [1.54, 1.807) is 0 Å². The fraction of sp³-hybridized carbons (Fsp3) is 0.933. The van der Waals surface area contributed by atoms with E-state index >= 15 is 0 Å². The van der Waals surface area contributed by atoms with Crippen LogP contribution in [-0.4, -0.2) is 71.7 Å². The van der Waals surface area contributed by atoms with E-state index in [0.717, 1.165) is 44.9 Å². The van der Waals surface area contributed by atoms with Crippen molar-refractivity contribution in [2.45, 2.75) is 56.7 Å². The Morgan fingerprint density at radius 3 is 2.80 bits per heavy atom. The predicted octanol–water partition coefficient (Wildman–Crippen LogP) is 0.752. The number of aliphatic carboxylic acids is 1. The van der Waals surface area contributed by atoms with Crippen LogP contribution in [0.25, 0.3) is 0 Å². The number of rotatable bonds is 6. The van der Waals surface area contributed by atoms with Crippen molar-refractivity contribution in [2.75, 3.05) is 32.7 Å². The molecule has 1 saturated carbocycles. The Balaban J connectivity index is 1.43. The van der Waals surface area contributed by atoms with Crippen LogP contribution in [0.2, 0.25) is 0 Å². The number of nitrogens with one attached hydrogen (secondary N) is 1. The van der Waals surface area contributed by atoms with Gasteiger partial charge < -0.3 is 15.3 Å². The van der Waals surface area contributed by atoms with Crippen LogP contribution < -0.4 is 5.32 Å². The second-order valence-electron chi connectivity index (χ2n) is 6.61. The summed E-state index contributed by atoms with van der Waals surface area (Å²) in [6.45, 7) is 5.58. The molecular formula is C15H27N3O2. The summed E-state index contributed by atoms with van der Waals surface area (Å²) in [5.41, 5.74) is 0. The van der Waals surface area contributed by atoms with E-state index < -0.39 is 5.97 Å². The van der Waals surface area contributed by atoms with Gasteiger partial charge in [-0.2, -0.15) is 0 Å². The summed E-state index contributed by atoms with van der Waals surface area (Å²) in [5.74, 6) is -0.687. The van der Waals surface area contributed by atoms with Crippen LogP contribution >= 0.6 is 0 Å². The van der Waals surface area contributed by atoms with Gasteiger partial charge in [0.25, 0.3) is 0 Å². The van der Waals surface area contributed by atoms with Crippen LogP contribution in [0.4, 0.5) is 0 Å². The molecule has 2 heterocycles. The van der Waals surface area contributed by atoms with Gasteiger partial charge in [0, 0.05) is 38.3 Å². The average Bonchev–Trinajstić information content (AvgIpc) is 3.27. The molecule has 114 valence electrons. The lowest BCUT2D eigenvalue weighted by molar-refractivity contribution is -0.139. The highest BCUT2D eigenvalue weighted by Gasteiger charge is 2.31. The molecule has 2 unspecified atom stereocenters. The Morgan fingerprint density at radius 2 is 2.05 bits per heavy atom. The first kappa shape index (κ1) is 14.3. The summed E-state index contributed by atoms with van der Waals surface area (Å²) in [5, 5.41) is 12.5. The zero-order valence-corrected chi connectivity index (χ0v) is 12.3. The molecule has 5 nitrogen and oxygen atoms in total. The summed E-state index contributed by atoms with van der Waals surface area (Å²) in [6.07, 6.45) is 7.05. The molecule has 1 aliphatic carbocycles. The van der Waals surface area contributed by atoms with Gasteiger partial charge in [0.05, 0.1) is 0 Å². The second kappa shape index (κ2) is 6.41. The maximum atomic E-state index is 11.3. The van der Waals surface area contributed by atoms with Crippen molar-refractivity contribution >= 4 is 5.97 Å². The molecule has 2 aliphatic heterocycles. The van der Waals surface area contributed by atoms with Crippen molar-refractivity contribution < 1.29 is 9.90 Å². The molecule has 0 amide bonds. The molecule has 3 aliphatic rings. The molecule has 0 aromatic heterocycles. The van der Waals surface area contributed by atoms with Crippen LogP contribution in [0.1, 0.15) is 38.5 Å². The average molecular weight is 281 g/mol. The van der Waals surface area contributed by atoms with E-state index in [0.29, 0.717) is 6.04 Å². The largest absolute Gasteiger partial charge is 0.480 e. The maximum absolute atomic E-state index is 11.3. The first-order valence-corrected chi connectivity index (χ1v) is 8.17. The Bertz CT molecular complexity index is 346. The number of carboxylic acid groups (broad SMARTS) is 1. The quantitative estimate of drug-likeness (QED) is 0.752. The van der Waals surface area contributed by atoms with Crippen LogP contribution in [0, 0.1) is 0 Å². The third-order valence-corrected chi connectivity index (χ3v) is 4.97. The van der Waals surface area contributed by atoms with Crippen LogP contribution in [0.3, 0.4) is 0 Å². The number of fused-ring (bicyclic) bond motifs is 1. The van der Waals surface area contributed by atoms with Gasteiger partial charge in [-0.05, 0) is 38.6 Å². The first-order valence-electron chi connectivity index (χ1n) is 8.17. The summed E-state index contributed by atoms with van der Waals surface area (Å²) < 4.78 is 0. The molecule has 3 fully saturated rings. The summed E-state index contributed by atoms with van der Waals surface area (Å²) >= 11 is 0. The number of hydrogen-bond donors (Lipinski definition) is 2. The van der Waals surface area contributed by atoms with Crippen molar-refractivity contribution in [2.24, 2.45) is 0 Å². The third kappa shape index (κ3) is 3.71. The van der Waals surface area contributed by atoms with Gasteiger partial charge in [-0.1, -0.05) is 6.42 Å². The predicted molar refractivity (Wildman–Crippen MR) is 77.9 cm³/mol. The van der Waals surface area contributed by atoms with Crippen LogP contribution in [0.15, 0.2) is 0 Å². The van der Waals surface area contributed by atoms with Crippen molar-refractivity contribution in [3.63, 3.8) is 0 Å². The van der Waals surface area contributed by atoms with Crippen molar-refractivity contribution in [1.82, 2.24) is 15.1 Å². The monoisotopic (exact) mass is 281 g/mol. The fourth-order valence-electron chi connectivity index (χ4n) is 3.55. The normalized spacial score (nSPS) is 29.9. The first-order chi connectivity index (χ1) is 9.72. The van der Waals surface area contributed by atoms with Crippen molar-refractivity contribution in [3.05, 3.63) is 0 Å². The standard InChI is InChI=1S/C15H27N3O2/c19-15(20)14(16-12-4-5-12)6-8-17-9-10-18-7-2-1-3-13(18)11-17/h12-14,16H,1-11H2,(H,19,20). The minimum Gasteiger partial charge on any atom is -0.480 e. The molecule has 3 rings (SSSR count). The highest BCUT2D eigenvalue weighted by molar-refractivity contribution is 5.73. The lowest BCUT2D eigenvalue weighted by Crippen LogP contribution is -2.55. The lowest BCUT2D eigenvalue weighted by Gasteiger charge is -2.44. The van der Waals surface area contributed by atoms with E-state index in [9.17, 15) is 9.90 Å². The molecule has 0 spiro atoms. The molecular weight excluding hydrogens is 254 g/mol. The minimum atomic E-state index is -0.687. The molecule has 0 aromatic carbocycles. The zero-order valence-electron chi connectivity index (χ0n) is 12.3. The van der Waals surface area contributed by atoms with Gasteiger partial charge >= 0.3 is 5.97 Å². The van der Waals surface area contributed by atoms with E-state index in [1.807, 2.05) is 0 Å². The van der Waals surface area contributed by atoms with Gasteiger partial charge in [0.2, 0.25) is 0 Å². The molecule has 2 atom stereocenters. The van der Waals surface area contributed by atoms with Gasteiger partial charge in [-0.3, -0.25) is 9.69 Å². The van der Waals surface area contributed by atoms with E-state index in [1.165, 1.54) is 32.4 Å². The van der Waals surface area contributed by atoms with Crippen LogP contribution in [0.5, 0.6) is 0 Å². The van der Waals surface area contributed by atoms with Gasteiger partial charge in [-0.25, -0.2) is 0 Å². The Morgan fingerprint density at radius 1 is 1.20 bits per heavy atom. The van der Waals surface area contributed by atoms with Gasteiger partial charge in [0.1, 0.15) is 6.04 Å². The molecule has 0 radical (unpaired) electrons. The topological polar surface area (TPSA) is 55.8 Å². The Labute approximate surface area is 121 Å². The minimum absolute atomic E-state index is 0.355. The number of nitrogens with zero attached hydrogens (tertiary/aromatic N) is 2. The van der Waals surface area contributed by atoms with Crippen LogP contribution in [-0.2, 0) is 4.79 Å². The number of piperazine rings is 1. The number of carboxylic acids is 1. The molecule has 2 saturated heterocycles. The van der Waals surface area contributed by atoms with E-state index in [4.69, 9.17) is 0 Å². The summed E-state index contributed by atoms with van der Waals surface area (Å²) in [7, 11) is 0. The molecule has 2 N–H and O–H groups in total. The molecule has 0 aromatic rings. The molecule has 0 bridgehead atoms. The highest BCUT2D eigenvalue weighted by Crippen LogP contribution is 2.22. The highest BCUT2D eigenvalue weighted by atomic mass is 16.4. The Kier molecular flexibility index (Phi) is 4.58. The summed E-state index contributed by atoms with van der Waals surface area (Å²) in [6, 6.07) is 0.829. The van der Waals surface area contributed by atoms with Gasteiger partial charge in [-0.15, -0.1) is 0 Å². The van der Waals surface area contributed by atoms with E-state index in [2.05, 4.69) is 15.1 Å². The molecule has 20 heavy (non-hydrogen) atoms. The second-order valence-corrected chi connectivity index (χ2v) is 6.61. The third-order valence-electron chi connectivity index (χ3n) is 4.97. The SMILES string of the molecule is O=C(O)C(CCN1CCN2CCCCC2C1)NC1CC1. The molecule has 5 heteroatoms. The van der Waals surface area contributed by atoms with Crippen molar-refractivity contribution in [1.29, 1.82) is 0 Å². The summed E-state index contributed by atoms with van der Waals surface area (Å²) in [4.78, 5) is 16.4. The number of carbonyl (C=O) groups is 1. The number of hydrogen-bond acceptors (Lipinski definition) is 4. The zero-order chi connectivity index (χ0) is 13.9. The smallest absolute Gasteiger partial charge is 0.320 e. The van der Waals surface area contributed by atoms with Gasteiger partial charge in [0.15, 0.2) is 0 Å². The van der Waals surface area contributed by atoms with Crippen molar-refractivity contribution in [3.8, 4) is 0 Å². The fourth-order valence-corrected chi connectivity index (χ4v) is 3.55. The maximum Gasteiger partial charge on any atom is 0.320 e. The lowest BCUT2D eigenvalue weighted by atomic mass is 9.99. The number of piperidine rings is 1. The van der Waals surface area contributed by atoms with E-state index in [-0.39, 0.29) is 6.04 Å².